The van der Waals surface area contributed by atoms with Gasteiger partial charge in [0.2, 0.25) is 0 Å². The minimum absolute atomic E-state index is 0.0712. The van der Waals surface area contributed by atoms with Crippen LogP contribution in [0.2, 0.25) is 5.02 Å². The van der Waals surface area contributed by atoms with Gasteiger partial charge in [-0.1, -0.05) is 35.0 Å². The van der Waals surface area contributed by atoms with Crippen LogP contribution in [0.5, 0.6) is 0 Å². The normalized spacial score (nSPS) is 12.2. The Labute approximate surface area is 225 Å². The lowest BCUT2D eigenvalue weighted by atomic mass is 10.0. The van der Waals surface area contributed by atoms with Crippen LogP contribution in [-0.4, -0.2) is 39.2 Å². The quantitative estimate of drug-likeness (QED) is 0.229. The molecule has 0 fully saturated rings. The van der Waals surface area contributed by atoms with Gasteiger partial charge in [-0.25, -0.2) is 22.5 Å². The van der Waals surface area contributed by atoms with Crippen molar-refractivity contribution in [1.82, 2.24) is 24.5 Å². The van der Waals surface area contributed by atoms with Crippen LogP contribution in [-0.2, 0) is 16.0 Å². The third-order valence-corrected chi connectivity index (χ3v) is 7.40. The third-order valence-electron chi connectivity index (χ3n) is 6.00. The number of benzene rings is 3. The number of nitrogens with zero attached hydrogens (tertiary/aromatic N) is 5. The fraction of sp³-hybridized carbons (Fsp3) is 0.115. The van der Waals surface area contributed by atoms with E-state index in [-0.39, 0.29) is 15.7 Å². The number of hydrogen-bond donors (Lipinski definition) is 0. The molecule has 0 aliphatic carbocycles. The van der Waals surface area contributed by atoms with E-state index in [4.69, 9.17) is 11.6 Å². The van der Waals surface area contributed by atoms with E-state index in [9.17, 15) is 26.0 Å². The molecule has 0 N–H and O–H groups in total. The lowest BCUT2D eigenvalue weighted by Crippen LogP contribution is -2.07. The van der Waals surface area contributed by atoms with E-state index in [0.29, 0.717) is 33.8 Å². The second kappa shape index (κ2) is 9.62. The minimum Gasteiger partial charge on any atom is -0.301 e. The summed E-state index contributed by atoms with van der Waals surface area (Å²) in [4.78, 5) is 3.77. The molecule has 0 amide bonds. The molecule has 2 aromatic heterocycles. The van der Waals surface area contributed by atoms with Crippen molar-refractivity contribution in [2.75, 3.05) is 6.26 Å². The molecule has 0 bridgehead atoms. The zero-order valence-corrected chi connectivity index (χ0v) is 21.9. The molecule has 5 rings (SSSR count). The van der Waals surface area contributed by atoms with E-state index in [2.05, 4.69) is 15.3 Å². The lowest BCUT2D eigenvalue weighted by molar-refractivity contribution is -0.141. The van der Waals surface area contributed by atoms with Gasteiger partial charge < -0.3 is 4.57 Å². The van der Waals surface area contributed by atoms with Crippen molar-refractivity contribution >= 4 is 21.4 Å². The van der Waals surface area contributed by atoms with Crippen LogP contribution in [0.25, 0.3) is 33.8 Å². The molecule has 0 radical (unpaired) electrons. The van der Waals surface area contributed by atoms with Crippen molar-refractivity contribution in [3.8, 4) is 33.8 Å². The van der Waals surface area contributed by atoms with Crippen LogP contribution in [0.4, 0.5) is 17.6 Å². The van der Waals surface area contributed by atoms with Crippen molar-refractivity contribution in [3.05, 3.63) is 95.4 Å². The van der Waals surface area contributed by atoms with Crippen LogP contribution in [0, 0.1) is 12.7 Å². The maximum atomic E-state index is 13.8. The highest BCUT2D eigenvalue weighted by molar-refractivity contribution is 7.90. The van der Waals surface area contributed by atoms with Crippen LogP contribution < -0.4 is 0 Å². The molecule has 0 unspecified atom stereocenters. The first-order valence-electron chi connectivity index (χ1n) is 11.3. The third kappa shape index (κ3) is 5.17. The summed E-state index contributed by atoms with van der Waals surface area (Å²) in [6, 6.07) is 15.2. The zero-order chi connectivity index (χ0) is 28.1. The van der Waals surface area contributed by atoms with Crippen LogP contribution in [0.15, 0.2) is 78.0 Å². The molecule has 7 nitrogen and oxygen atoms in total. The van der Waals surface area contributed by atoms with Gasteiger partial charge in [0.05, 0.1) is 33.2 Å². The van der Waals surface area contributed by atoms with Crippen molar-refractivity contribution in [2.24, 2.45) is 0 Å². The van der Waals surface area contributed by atoms with Gasteiger partial charge in [-0.05, 0) is 60.5 Å². The highest BCUT2D eigenvalue weighted by atomic mass is 35.5. The Morgan fingerprint density at radius 2 is 1.64 bits per heavy atom. The number of sulfone groups is 1. The van der Waals surface area contributed by atoms with Gasteiger partial charge in [0.1, 0.15) is 11.6 Å². The molecule has 0 aliphatic rings. The fourth-order valence-corrected chi connectivity index (χ4v) is 4.95. The summed E-state index contributed by atoms with van der Waals surface area (Å²) in [5, 5.41) is 7.99. The van der Waals surface area contributed by atoms with Crippen molar-refractivity contribution in [1.29, 1.82) is 0 Å². The average Bonchev–Trinajstić information content (AvgIpc) is 3.52. The molecule has 5 aromatic rings. The van der Waals surface area contributed by atoms with E-state index in [0.717, 1.165) is 12.5 Å². The summed E-state index contributed by atoms with van der Waals surface area (Å²) >= 11 is 5.99. The molecule has 39 heavy (non-hydrogen) atoms. The molecule has 0 saturated carbocycles. The Bertz CT molecular complexity index is 1830. The first-order chi connectivity index (χ1) is 18.3. The summed E-state index contributed by atoms with van der Waals surface area (Å²) < 4.78 is 81.1. The van der Waals surface area contributed by atoms with Crippen LogP contribution in [0.3, 0.4) is 0 Å². The Morgan fingerprint density at radius 1 is 0.923 bits per heavy atom. The number of hydrogen-bond acceptors (Lipinski definition) is 5. The Morgan fingerprint density at radius 3 is 2.31 bits per heavy atom. The van der Waals surface area contributed by atoms with Crippen molar-refractivity contribution in [3.63, 3.8) is 0 Å². The van der Waals surface area contributed by atoms with Gasteiger partial charge in [0, 0.05) is 18.0 Å². The van der Waals surface area contributed by atoms with Gasteiger partial charge in [0.15, 0.2) is 15.5 Å². The highest BCUT2D eigenvalue weighted by Crippen LogP contribution is 2.34. The van der Waals surface area contributed by atoms with Gasteiger partial charge >= 0.3 is 6.18 Å². The first kappa shape index (κ1) is 26.6. The van der Waals surface area contributed by atoms with Gasteiger partial charge in [-0.2, -0.15) is 13.2 Å². The molecule has 0 atom stereocenters. The predicted molar refractivity (Wildman–Crippen MR) is 137 cm³/mol. The summed E-state index contributed by atoms with van der Waals surface area (Å²) in [7, 11) is -3.49. The number of halogens is 5. The molecule has 13 heteroatoms. The smallest absolute Gasteiger partial charge is 0.301 e. The molecule has 3 aromatic carbocycles. The standard InChI is InChI=1S/C26H18ClF4N5O2S/c1-15-33-25(26(29,30)31)14-35(15)22-9-7-17(16-4-3-5-19(10-16)39(2,37)38)12-23(22)36-24(13-32-34-36)18-6-8-21(28)20(27)11-18/h3-14H,1-2H3. The summed E-state index contributed by atoms with van der Waals surface area (Å²) in [6.45, 7) is 1.44. The van der Waals surface area contributed by atoms with Crippen LogP contribution >= 0.6 is 11.6 Å². The molecular formula is C26H18ClF4N5O2S. The van der Waals surface area contributed by atoms with Gasteiger partial charge in [-0.3, -0.25) is 0 Å². The van der Waals surface area contributed by atoms with Crippen molar-refractivity contribution < 1.29 is 26.0 Å². The Hall–Kier alpha value is -4.03. The minimum atomic E-state index is -4.66. The average molecular weight is 576 g/mol. The van der Waals surface area contributed by atoms with E-state index in [1.807, 2.05) is 0 Å². The summed E-state index contributed by atoms with van der Waals surface area (Å²) in [5.41, 5.74) is 1.48. The Balaban J connectivity index is 1.75. The zero-order valence-electron chi connectivity index (χ0n) is 20.3. The van der Waals surface area contributed by atoms with E-state index >= 15 is 0 Å². The van der Waals surface area contributed by atoms with Crippen LogP contribution in [0.1, 0.15) is 11.5 Å². The Kier molecular flexibility index (Phi) is 6.55. The second-order valence-corrected chi connectivity index (χ2v) is 11.1. The predicted octanol–water partition coefficient (Wildman–Crippen LogP) is 6.31. The lowest BCUT2D eigenvalue weighted by Gasteiger charge is -2.16. The molecule has 0 aliphatic heterocycles. The summed E-state index contributed by atoms with van der Waals surface area (Å²) in [5.74, 6) is -0.552. The maximum absolute atomic E-state index is 13.8. The first-order valence-corrected chi connectivity index (χ1v) is 13.5. The molecule has 2 heterocycles. The molecule has 200 valence electrons. The topological polar surface area (TPSA) is 82.7 Å². The number of aromatic nitrogens is 5. The van der Waals surface area contributed by atoms with Gasteiger partial charge in [-0.15, -0.1) is 5.10 Å². The van der Waals surface area contributed by atoms with E-state index in [1.54, 1.807) is 30.3 Å². The van der Waals surface area contributed by atoms with Crippen molar-refractivity contribution in [2.45, 2.75) is 18.0 Å². The summed E-state index contributed by atoms with van der Waals surface area (Å²) in [6.07, 6.45) is -1.28. The number of imidazole rings is 1. The van der Waals surface area contributed by atoms with Gasteiger partial charge in [0.25, 0.3) is 0 Å². The number of rotatable bonds is 5. The molecular weight excluding hydrogens is 558 g/mol. The molecule has 0 spiro atoms. The van der Waals surface area contributed by atoms with E-state index < -0.39 is 27.5 Å². The van der Waals surface area contributed by atoms with E-state index in [1.165, 1.54) is 52.7 Å². The number of aryl methyl sites for hydroxylation is 1. The highest BCUT2D eigenvalue weighted by Gasteiger charge is 2.34. The number of alkyl halides is 3. The molecule has 0 saturated heterocycles. The second-order valence-electron chi connectivity index (χ2n) is 8.70. The monoisotopic (exact) mass is 575 g/mol. The largest absolute Gasteiger partial charge is 0.434 e. The maximum Gasteiger partial charge on any atom is 0.434 e. The fourth-order valence-electron chi connectivity index (χ4n) is 4.10. The SMILES string of the molecule is Cc1nc(C(F)(F)F)cn1-c1ccc(-c2cccc(S(C)(=O)=O)c2)cc1-n1nncc1-c1ccc(F)c(Cl)c1.